The molecule has 6 nitrogen and oxygen atoms in total. The number of hydrogen-bond donors (Lipinski definition) is 3. The zero-order chi connectivity index (χ0) is 15.0. The Balaban J connectivity index is 2.55. The van der Waals surface area contributed by atoms with Crippen LogP contribution in [-0.2, 0) is 0 Å². The Morgan fingerprint density at radius 1 is 0.750 bits per heavy atom. The molecule has 0 saturated heterocycles. The van der Waals surface area contributed by atoms with Crippen LogP contribution in [-0.4, -0.2) is 10.2 Å². The summed E-state index contributed by atoms with van der Waals surface area (Å²) in [7, 11) is 0. The maximum atomic E-state index is 5.66. The molecule has 0 spiro atoms. The second-order valence-electron chi connectivity index (χ2n) is 3.49. The molecule has 0 radical (unpaired) electrons. The molecule has 0 unspecified atom stereocenters. The van der Waals surface area contributed by atoms with Gasteiger partial charge < -0.3 is 11.5 Å². The number of aromatic amines is 1. The largest absolute Gasteiger partial charge is 0.382 e. The topological polar surface area (TPSA) is 105 Å². The minimum Gasteiger partial charge on any atom is -0.382 e. The zero-order valence-electron chi connectivity index (χ0n) is 9.39. The highest BCUT2D eigenvalue weighted by Gasteiger charge is 2.18. The van der Waals surface area contributed by atoms with Crippen molar-refractivity contribution in [2.24, 2.45) is 10.2 Å². The van der Waals surface area contributed by atoms with Crippen molar-refractivity contribution < 1.29 is 0 Å². The number of rotatable bonds is 2. The van der Waals surface area contributed by atoms with E-state index in [1.54, 1.807) is 0 Å². The van der Waals surface area contributed by atoms with Gasteiger partial charge in [0, 0.05) is 13.4 Å². The van der Waals surface area contributed by atoms with Crippen molar-refractivity contribution in [1.82, 2.24) is 10.2 Å². The fraction of sp³-hybridized carbons (Fsp3) is 0. The van der Waals surface area contributed by atoms with Gasteiger partial charge in [-0.15, -0.1) is 10.2 Å². The number of nitrogens with zero attached hydrogens (tertiary/aromatic N) is 3. The highest BCUT2D eigenvalue weighted by molar-refractivity contribution is 9.15. The molecule has 1 aromatic heterocycles. The average molecular weight is 597 g/mol. The Bertz CT molecular complexity index is 661. The van der Waals surface area contributed by atoms with Gasteiger partial charge >= 0.3 is 0 Å². The molecular weight excluding hydrogens is 592 g/mol. The maximum Gasteiger partial charge on any atom is 0.175 e. The van der Waals surface area contributed by atoms with E-state index in [4.69, 9.17) is 11.5 Å². The van der Waals surface area contributed by atoms with Crippen molar-refractivity contribution in [2.45, 2.75) is 0 Å². The van der Waals surface area contributed by atoms with Gasteiger partial charge in [-0.1, -0.05) is 0 Å². The lowest BCUT2D eigenvalue weighted by atomic mass is 10.3. The molecule has 0 bridgehead atoms. The van der Waals surface area contributed by atoms with Gasteiger partial charge in [0.25, 0.3) is 0 Å². The number of nitrogen functional groups attached to an aromatic ring is 2. The Kier molecular flexibility index (Phi) is 5.27. The number of benzene rings is 1. The highest BCUT2D eigenvalue weighted by Crippen LogP contribution is 2.49. The molecular formula is C9H5Br5N6. The normalized spacial score (nSPS) is 11.4. The Morgan fingerprint density at radius 2 is 1.20 bits per heavy atom. The maximum absolute atomic E-state index is 5.66. The predicted octanol–water partition coefficient (Wildman–Crippen LogP) is 5.80. The molecule has 2 rings (SSSR count). The first kappa shape index (κ1) is 16.4. The minimum absolute atomic E-state index is 0.189. The van der Waals surface area contributed by atoms with Gasteiger partial charge in [-0.25, -0.2) is 0 Å². The Hall–Kier alpha value is 0.0300. The SMILES string of the molecule is Nc1n[nH]c(N)c1N=Nc1c(Br)c(Br)c(Br)c(Br)c1Br. The van der Waals surface area contributed by atoms with Crippen LogP contribution >= 0.6 is 79.6 Å². The molecule has 0 fully saturated rings. The summed E-state index contributed by atoms with van der Waals surface area (Å²) in [6, 6.07) is 0. The summed E-state index contributed by atoms with van der Waals surface area (Å²) in [6.07, 6.45) is 0. The summed E-state index contributed by atoms with van der Waals surface area (Å²) < 4.78 is 3.90. The molecule has 0 aliphatic rings. The first-order valence-corrected chi connectivity index (χ1v) is 8.83. The van der Waals surface area contributed by atoms with Gasteiger partial charge in [-0.05, 0) is 79.6 Å². The van der Waals surface area contributed by atoms with Crippen LogP contribution in [0.3, 0.4) is 0 Å². The number of nitrogens with two attached hydrogens (primary N) is 2. The lowest BCUT2D eigenvalue weighted by molar-refractivity contribution is 1.11. The van der Waals surface area contributed by atoms with Crippen LogP contribution in [0.25, 0.3) is 0 Å². The third kappa shape index (κ3) is 2.96. The first-order chi connectivity index (χ1) is 9.34. The minimum atomic E-state index is 0.189. The van der Waals surface area contributed by atoms with Gasteiger partial charge in [0.1, 0.15) is 11.5 Å². The van der Waals surface area contributed by atoms with Crippen LogP contribution in [0.15, 0.2) is 32.6 Å². The molecule has 1 heterocycles. The van der Waals surface area contributed by atoms with Crippen LogP contribution in [0.5, 0.6) is 0 Å². The van der Waals surface area contributed by atoms with Crippen LogP contribution < -0.4 is 11.5 Å². The van der Waals surface area contributed by atoms with Gasteiger partial charge in [0.05, 0.1) is 8.95 Å². The summed E-state index contributed by atoms with van der Waals surface area (Å²) in [5.41, 5.74) is 12.2. The monoisotopic (exact) mass is 592 g/mol. The third-order valence-electron chi connectivity index (χ3n) is 2.23. The van der Waals surface area contributed by atoms with Crippen LogP contribution in [0.2, 0.25) is 0 Å². The molecule has 0 atom stereocenters. The van der Waals surface area contributed by atoms with E-state index in [-0.39, 0.29) is 11.6 Å². The van der Waals surface area contributed by atoms with Gasteiger partial charge in [-0.3, -0.25) is 5.10 Å². The molecule has 5 N–H and O–H groups in total. The van der Waals surface area contributed by atoms with E-state index in [9.17, 15) is 0 Å². The molecule has 0 aliphatic heterocycles. The molecule has 0 aliphatic carbocycles. The number of anilines is 2. The zero-order valence-corrected chi connectivity index (χ0v) is 17.3. The number of nitrogens with one attached hydrogen (secondary N) is 1. The second-order valence-corrected chi connectivity index (χ2v) is 7.45. The molecule has 0 amide bonds. The van der Waals surface area contributed by atoms with Gasteiger partial charge in [0.2, 0.25) is 0 Å². The summed E-state index contributed by atoms with van der Waals surface area (Å²) in [6.45, 7) is 0. The quantitative estimate of drug-likeness (QED) is 0.232. The van der Waals surface area contributed by atoms with Crippen LogP contribution in [0.1, 0.15) is 0 Å². The number of hydrogen-bond acceptors (Lipinski definition) is 5. The van der Waals surface area contributed by atoms with E-state index in [1.807, 2.05) is 0 Å². The van der Waals surface area contributed by atoms with E-state index in [0.717, 1.165) is 22.4 Å². The first-order valence-electron chi connectivity index (χ1n) is 4.87. The molecule has 11 heteroatoms. The molecule has 2 aromatic rings. The van der Waals surface area contributed by atoms with Crippen LogP contribution in [0.4, 0.5) is 23.0 Å². The van der Waals surface area contributed by atoms with Gasteiger partial charge in [-0.2, -0.15) is 5.10 Å². The molecule has 1 aromatic carbocycles. The van der Waals surface area contributed by atoms with Crippen molar-refractivity contribution in [3.63, 3.8) is 0 Å². The second kappa shape index (κ2) is 6.42. The lowest BCUT2D eigenvalue weighted by Crippen LogP contribution is -1.85. The summed E-state index contributed by atoms with van der Waals surface area (Å²) in [5.74, 6) is 0.447. The van der Waals surface area contributed by atoms with E-state index in [1.165, 1.54) is 0 Å². The number of azo groups is 1. The van der Waals surface area contributed by atoms with Crippen molar-refractivity contribution >= 4 is 103 Å². The summed E-state index contributed by atoms with van der Waals surface area (Å²) in [4.78, 5) is 0. The number of H-pyrrole nitrogens is 1. The van der Waals surface area contributed by atoms with Crippen LogP contribution in [0, 0.1) is 0 Å². The standard InChI is InChI=1S/C9H5Br5N6/c10-1-2(11)4(13)6(5(14)3(1)12)17-18-7-8(15)19-20-9(7)16/h(H5,15,16,19,20). The van der Waals surface area contributed by atoms with Crippen molar-refractivity contribution in [3.8, 4) is 0 Å². The van der Waals surface area contributed by atoms with E-state index < -0.39 is 0 Å². The fourth-order valence-electron chi connectivity index (χ4n) is 1.25. The summed E-state index contributed by atoms with van der Waals surface area (Å²) in [5, 5.41) is 14.5. The highest BCUT2D eigenvalue weighted by atomic mass is 79.9. The molecule has 0 saturated carbocycles. The Morgan fingerprint density at radius 3 is 1.65 bits per heavy atom. The smallest absolute Gasteiger partial charge is 0.175 e. The molecule has 20 heavy (non-hydrogen) atoms. The van der Waals surface area contributed by atoms with Crippen molar-refractivity contribution in [2.75, 3.05) is 11.5 Å². The third-order valence-corrected chi connectivity index (χ3v) is 8.28. The van der Waals surface area contributed by atoms with Gasteiger partial charge in [0.15, 0.2) is 11.5 Å². The van der Waals surface area contributed by atoms with Crippen molar-refractivity contribution in [3.05, 3.63) is 22.4 Å². The van der Waals surface area contributed by atoms with E-state index in [2.05, 4.69) is 100 Å². The molecule has 106 valence electrons. The number of aromatic nitrogens is 2. The lowest BCUT2D eigenvalue weighted by Gasteiger charge is -2.09. The van der Waals surface area contributed by atoms with E-state index in [0.29, 0.717) is 11.4 Å². The number of halogens is 5. The summed E-state index contributed by atoms with van der Waals surface area (Å²) >= 11 is 17.2. The Labute approximate surface area is 155 Å². The van der Waals surface area contributed by atoms with Crippen molar-refractivity contribution in [1.29, 1.82) is 0 Å². The van der Waals surface area contributed by atoms with E-state index >= 15 is 0 Å². The average Bonchev–Trinajstić information content (AvgIpc) is 2.74. The predicted molar refractivity (Wildman–Crippen MR) is 96.5 cm³/mol. The fourth-order valence-corrected chi connectivity index (χ4v) is 4.43.